The standard InChI is InChI=1S/C20H32FN3O3S/c1-2-28(25,26)23-18-6-3-16(4-7-18)15-22-19-8-5-17(14-21)20(13-19)24-9-11-27-12-10-24/h5,8,13,16,18,22-23H,2-4,6-7,9-12,14-15H2,1H3. The van der Waals surface area contributed by atoms with Crippen LogP contribution in [0.1, 0.15) is 38.2 Å². The molecule has 0 radical (unpaired) electrons. The average Bonchev–Trinajstić information content (AvgIpc) is 2.73. The lowest BCUT2D eigenvalue weighted by Gasteiger charge is -2.31. The molecule has 0 amide bonds. The zero-order valence-electron chi connectivity index (χ0n) is 16.6. The molecule has 0 unspecified atom stereocenters. The quantitative estimate of drug-likeness (QED) is 0.686. The van der Waals surface area contributed by atoms with Crippen molar-refractivity contribution in [2.24, 2.45) is 5.92 Å². The van der Waals surface area contributed by atoms with Crippen molar-refractivity contribution in [3.05, 3.63) is 23.8 Å². The molecule has 158 valence electrons. The maximum absolute atomic E-state index is 13.4. The second kappa shape index (κ2) is 9.89. The molecule has 1 saturated heterocycles. The summed E-state index contributed by atoms with van der Waals surface area (Å²) in [4.78, 5) is 2.19. The highest BCUT2D eigenvalue weighted by Gasteiger charge is 2.24. The number of sulfonamides is 1. The zero-order chi connectivity index (χ0) is 20.0. The van der Waals surface area contributed by atoms with Crippen LogP contribution in [-0.4, -0.2) is 53.1 Å². The van der Waals surface area contributed by atoms with Crippen LogP contribution in [0.5, 0.6) is 0 Å². The van der Waals surface area contributed by atoms with Crippen LogP contribution in [0.3, 0.4) is 0 Å². The summed E-state index contributed by atoms with van der Waals surface area (Å²) >= 11 is 0. The third kappa shape index (κ3) is 5.81. The fourth-order valence-corrected chi connectivity index (χ4v) is 4.88. The van der Waals surface area contributed by atoms with Gasteiger partial charge in [-0.1, -0.05) is 6.07 Å². The highest BCUT2D eigenvalue weighted by Crippen LogP contribution is 2.29. The molecule has 0 aromatic heterocycles. The molecule has 1 heterocycles. The Morgan fingerprint density at radius 2 is 1.89 bits per heavy atom. The summed E-state index contributed by atoms with van der Waals surface area (Å²) in [6.07, 6.45) is 3.77. The first-order valence-corrected chi connectivity index (χ1v) is 11.9. The molecule has 2 N–H and O–H groups in total. The number of hydrogen-bond acceptors (Lipinski definition) is 5. The molecule has 28 heavy (non-hydrogen) atoms. The Kier molecular flexibility index (Phi) is 7.54. The summed E-state index contributed by atoms with van der Waals surface area (Å²) in [7, 11) is -3.12. The number of rotatable bonds is 8. The molecular weight excluding hydrogens is 381 g/mol. The highest BCUT2D eigenvalue weighted by molar-refractivity contribution is 7.89. The molecule has 1 saturated carbocycles. The number of nitrogens with zero attached hydrogens (tertiary/aromatic N) is 1. The van der Waals surface area contributed by atoms with E-state index >= 15 is 0 Å². The smallest absolute Gasteiger partial charge is 0.211 e. The van der Waals surface area contributed by atoms with E-state index in [-0.39, 0.29) is 11.8 Å². The van der Waals surface area contributed by atoms with E-state index < -0.39 is 16.7 Å². The Balaban J connectivity index is 1.52. The van der Waals surface area contributed by atoms with E-state index in [0.717, 1.165) is 62.3 Å². The molecule has 2 fully saturated rings. The second-order valence-electron chi connectivity index (χ2n) is 7.70. The first kappa shape index (κ1) is 21.3. The molecular formula is C20H32FN3O3S. The van der Waals surface area contributed by atoms with Crippen molar-refractivity contribution < 1.29 is 17.5 Å². The summed E-state index contributed by atoms with van der Waals surface area (Å²) in [5, 5.41) is 3.50. The van der Waals surface area contributed by atoms with E-state index in [2.05, 4.69) is 14.9 Å². The zero-order valence-corrected chi connectivity index (χ0v) is 17.4. The normalized spacial score (nSPS) is 23.6. The number of nitrogens with one attached hydrogen (secondary N) is 2. The maximum atomic E-state index is 13.4. The number of ether oxygens (including phenoxy) is 1. The van der Waals surface area contributed by atoms with Crippen molar-refractivity contribution in [3.8, 4) is 0 Å². The minimum Gasteiger partial charge on any atom is -0.385 e. The minimum absolute atomic E-state index is 0.0676. The summed E-state index contributed by atoms with van der Waals surface area (Å²) < 4.78 is 45.0. The van der Waals surface area contributed by atoms with Gasteiger partial charge in [-0.3, -0.25) is 0 Å². The molecule has 1 aliphatic heterocycles. The monoisotopic (exact) mass is 413 g/mol. The third-order valence-corrected chi connectivity index (χ3v) is 7.20. The van der Waals surface area contributed by atoms with Crippen LogP contribution in [0.4, 0.5) is 15.8 Å². The Labute approximate surface area is 167 Å². The summed E-state index contributed by atoms with van der Waals surface area (Å²) in [5.41, 5.74) is 2.68. The topological polar surface area (TPSA) is 70.7 Å². The molecule has 0 spiro atoms. The van der Waals surface area contributed by atoms with E-state index in [9.17, 15) is 12.8 Å². The second-order valence-corrected chi connectivity index (χ2v) is 9.74. The first-order valence-electron chi connectivity index (χ1n) is 10.3. The summed E-state index contributed by atoms with van der Waals surface area (Å²) in [5.74, 6) is 0.657. The molecule has 8 heteroatoms. The van der Waals surface area contributed by atoms with Crippen molar-refractivity contribution in [3.63, 3.8) is 0 Å². The minimum atomic E-state index is -3.12. The van der Waals surface area contributed by atoms with Crippen LogP contribution in [0, 0.1) is 5.92 Å². The predicted molar refractivity (Wildman–Crippen MR) is 111 cm³/mol. The van der Waals surface area contributed by atoms with Gasteiger partial charge >= 0.3 is 0 Å². The van der Waals surface area contributed by atoms with Gasteiger partial charge in [-0.2, -0.15) is 0 Å². The van der Waals surface area contributed by atoms with Crippen molar-refractivity contribution in [1.29, 1.82) is 0 Å². The lowest BCUT2D eigenvalue weighted by Crippen LogP contribution is -2.39. The van der Waals surface area contributed by atoms with E-state index in [1.165, 1.54) is 0 Å². The molecule has 1 aliphatic carbocycles. The summed E-state index contributed by atoms with van der Waals surface area (Å²) in [6, 6.07) is 5.92. The highest BCUT2D eigenvalue weighted by atomic mass is 32.2. The lowest BCUT2D eigenvalue weighted by molar-refractivity contribution is 0.122. The van der Waals surface area contributed by atoms with Gasteiger partial charge in [-0.15, -0.1) is 0 Å². The number of benzene rings is 1. The Morgan fingerprint density at radius 3 is 2.54 bits per heavy atom. The van der Waals surface area contributed by atoms with Gasteiger partial charge in [0, 0.05) is 42.6 Å². The van der Waals surface area contributed by atoms with Gasteiger partial charge in [0.25, 0.3) is 0 Å². The van der Waals surface area contributed by atoms with Crippen LogP contribution in [0.2, 0.25) is 0 Å². The van der Waals surface area contributed by atoms with E-state index in [1.807, 2.05) is 18.2 Å². The summed E-state index contributed by atoms with van der Waals surface area (Å²) in [6.45, 7) is 4.97. The number of morpholine rings is 1. The SMILES string of the molecule is CCS(=O)(=O)NC1CCC(CNc2ccc(CF)c(N3CCOCC3)c2)CC1. The average molecular weight is 414 g/mol. The Bertz CT molecular complexity index is 730. The van der Waals surface area contributed by atoms with Crippen LogP contribution < -0.4 is 14.9 Å². The Morgan fingerprint density at radius 1 is 1.18 bits per heavy atom. The van der Waals surface area contributed by atoms with Gasteiger partial charge in [0.15, 0.2) is 0 Å². The van der Waals surface area contributed by atoms with Gasteiger partial charge in [-0.05, 0) is 50.7 Å². The number of alkyl halides is 1. The van der Waals surface area contributed by atoms with Crippen LogP contribution in [0.15, 0.2) is 18.2 Å². The molecule has 6 nitrogen and oxygen atoms in total. The van der Waals surface area contributed by atoms with Crippen molar-refractivity contribution in [2.45, 2.75) is 45.3 Å². The van der Waals surface area contributed by atoms with Crippen molar-refractivity contribution in [2.75, 3.05) is 48.8 Å². The first-order chi connectivity index (χ1) is 13.5. The van der Waals surface area contributed by atoms with E-state index in [1.54, 1.807) is 6.92 Å². The molecule has 1 aromatic carbocycles. The molecule has 1 aromatic rings. The van der Waals surface area contributed by atoms with Crippen LogP contribution in [0.25, 0.3) is 0 Å². The van der Waals surface area contributed by atoms with Crippen molar-refractivity contribution >= 4 is 21.4 Å². The number of halogens is 1. The number of anilines is 2. The van der Waals surface area contributed by atoms with Gasteiger partial charge in [-0.25, -0.2) is 17.5 Å². The molecule has 0 bridgehead atoms. The third-order valence-electron chi connectivity index (χ3n) is 5.75. The van der Waals surface area contributed by atoms with Crippen LogP contribution >= 0.6 is 0 Å². The van der Waals surface area contributed by atoms with E-state index in [0.29, 0.717) is 19.1 Å². The molecule has 2 aliphatic rings. The number of hydrogen-bond donors (Lipinski definition) is 2. The molecule has 0 atom stereocenters. The maximum Gasteiger partial charge on any atom is 0.211 e. The Hall–Kier alpha value is -1.38. The van der Waals surface area contributed by atoms with Gasteiger partial charge in [0.2, 0.25) is 10.0 Å². The van der Waals surface area contributed by atoms with Crippen molar-refractivity contribution in [1.82, 2.24) is 4.72 Å². The van der Waals surface area contributed by atoms with E-state index in [4.69, 9.17) is 4.74 Å². The van der Waals surface area contributed by atoms with Crippen LogP contribution in [-0.2, 0) is 21.4 Å². The van der Waals surface area contributed by atoms with Gasteiger partial charge < -0.3 is 15.0 Å². The fourth-order valence-electron chi connectivity index (χ4n) is 3.97. The van der Waals surface area contributed by atoms with Gasteiger partial charge in [0.1, 0.15) is 6.67 Å². The van der Waals surface area contributed by atoms with Gasteiger partial charge in [0.05, 0.1) is 19.0 Å². The predicted octanol–water partition coefficient (Wildman–Crippen LogP) is 2.90. The molecule has 3 rings (SSSR count). The lowest BCUT2D eigenvalue weighted by atomic mass is 9.86. The fraction of sp³-hybridized carbons (Fsp3) is 0.700. The largest absolute Gasteiger partial charge is 0.385 e.